The maximum atomic E-state index is 5.84. The van der Waals surface area contributed by atoms with Crippen LogP contribution in [0.3, 0.4) is 0 Å². The fraction of sp³-hybridized carbons (Fsp3) is 0.400. The fourth-order valence-corrected chi connectivity index (χ4v) is 3.40. The van der Waals surface area contributed by atoms with Gasteiger partial charge in [-0.3, -0.25) is 0 Å². The van der Waals surface area contributed by atoms with Gasteiger partial charge in [-0.05, 0) is 29.2 Å². The van der Waals surface area contributed by atoms with Gasteiger partial charge in [-0.1, -0.05) is 36.4 Å². The molecule has 0 saturated carbocycles. The van der Waals surface area contributed by atoms with Gasteiger partial charge in [0.1, 0.15) is 5.75 Å². The third kappa shape index (κ3) is 3.12. The molecule has 2 aliphatic rings. The average Bonchev–Trinajstić information content (AvgIpc) is 3.45. The number of rotatable bonds is 6. The van der Waals surface area contributed by atoms with Crippen LogP contribution in [0.4, 0.5) is 0 Å². The zero-order valence-electron chi connectivity index (χ0n) is 13.7. The molecule has 3 nitrogen and oxygen atoms in total. The topological polar surface area (TPSA) is 34.3 Å². The maximum Gasteiger partial charge on any atom is 0.126 e. The quantitative estimate of drug-likeness (QED) is 0.765. The maximum absolute atomic E-state index is 5.84. The van der Waals surface area contributed by atoms with E-state index in [0.717, 1.165) is 31.8 Å². The van der Waals surface area contributed by atoms with Crippen LogP contribution < -0.4 is 4.74 Å². The zero-order valence-corrected chi connectivity index (χ0v) is 13.7. The lowest BCUT2D eigenvalue weighted by atomic mass is 9.88. The van der Waals surface area contributed by atoms with E-state index in [9.17, 15) is 0 Å². The molecule has 2 heterocycles. The van der Waals surface area contributed by atoms with E-state index >= 15 is 0 Å². The number of aryl methyl sites for hydroxylation is 1. The van der Waals surface area contributed by atoms with E-state index in [1.54, 1.807) is 7.11 Å². The van der Waals surface area contributed by atoms with E-state index < -0.39 is 0 Å². The van der Waals surface area contributed by atoms with Crippen LogP contribution in [0.15, 0.2) is 36.4 Å². The van der Waals surface area contributed by atoms with Gasteiger partial charge in [0.25, 0.3) is 0 Å². The van der Waals surface area contributed by atoms with Gasteiger partial charge >= 0.3 is 0 Å². The third-order valence-corrected chi connectivity index (χ3v) is 4.60. The molecule has 2 aromatic carbocycles. The Morgan fingerprint density at radius 3 is 2.30 bits per heavy atom. The van der Waals surface area contributed by atoms with Gasteiger partial charge in [0.15, 0.2) is 0 Å². The van der Waals surface area contributed by atoms with Gasteiger partial charge in [0.2, 0.25) is 0 Å². The zero-order chi connectivity index (χ0) is 15.8. The van der Waals surface area contributed by atoms with Gasteiger partial charge < -0.3 is 14.2 Å². The van der Waals surface area contributed by atoms with E-state index in [2.05, 4.69) is 43.3 Å². The Hall–Kier alpha value is -1.84. The van der Waals surface area contributed by atoms with Gasteiger partial charge in [0, 0.05) is 18.4 Å². The van der Waals surface area contributed by atoms with Crippen molar-refractivity contribution < 1.29 is 14.2 Å². The minimum Gasteiger partial charge on any atom is -0.496 e. The predicted octanol–water partition coefficient (Wildman–Crippen LogP) is 3.55. The molecule has 2 unspecified atom stereocenters. The van der Waals surface area contributed by atoms with Gasteiger partial charge in [-0.25, -0.2) is 0 Å². The Balaban J connectivity index is 1.85. The van der Waals surface area contributed by atoms with Crippen LogP contribution in [0.5, 0.6) is 5.75 Å². The molecule has 0 amide bonds. The highest BCUT2D eigenvalue weighted by Crippen LogP contribution is 2.40. The molecule has 2 fully saturated rings. The molecule has 0 aromatic heterocycles. The van der Waals surface area contributed by atoms with Crippen molar-refractivity contribution in [2.45, 2.75) is 32.0 Å². The molecule has 2 aromatic rings. The first kappa shape index (κ1) is 14.7. The minimum absolute atomic E-state index is 0.332. The van der Waals surface area contributed by atoms with Crippen molar-refractivity contribution in [3.05, 3.63) is 53.1 Å². The molecule has 4 rings (SSSR count). The normalized spacial score (nSPS) is 22.0. The largest absolute Gasteiger partial charge is 0.496 e. The molecule has 23 heavy (non-hydrogen) atoms. The summed E-state index contributed by atoms with van der Waals surface area (Å²) in [4.78, 5) is 0. The number of benzene rings is 2. The van der Waals surface area contributed by atoms with Crippen LogP contribution in [0.1, 0.15) is 16.7 Å². The molecule has 0 radical (unpaired) electrons. The van der Waals surface area contributed by atoms with Crippen LogP contribution in [0, 0.1) is 6.92 Å². The highest BCUT2D eigenvalue weighted by atomic mass is 16.6. The fourth-order valence-electron chi connectivity index (χ4n) is 3.40. The molecular formula is C20H22O3. The molecule has 2 atom stereocenters. The Morgan fingerprint density at radius 1 is 1.04 bits per heavy atom. The van der Waals surface area contributed by atoms with Gasteiger partial charge in [-0.15, -0.1) is 0 Å². The molecule has 3 heteroatoms. The first-order valence-corrected chi connectivity index (χ1v) is 8.24. The van der Waals surface area contributed by atoms with Crippen molar-refractivity contribution in [3.63, 3.8) is 0 Å². The molecule has 0 bridgehead atoms. The van der Waals surface area contributed by atoms with Crippen molar-refractivity contribution >= 4 is 0 Å². The first-order valence-electron chi connectivity index (χ1n) is 8.24. The second kappa shape index (κ2) is 5.99. The van der Waals surface area contributed by atoms with Crippen LogP contribution in [0.2, 0.25) is 0 Å². The molecule has 0 N–H and O–H groups in total. The monoisotopic (exact) mass is 310 g/mol. The van der Waals surface area contributed by atoms with Crippen molar-refractivity contribution in [1.82, 2.24) is 0 Å². The number of hydrogen-bond donors (Lipinski definition) is 0. The molecular weight excluding hydrogens is 288 g/mol. The number of ether oxygens (including phenoxy) is 3. The second-order valence-electron chi connectivity index (χ2n) is 6.42. The minimum atomic E-state index is 0.332. The lowest BCUT2D eigenvalue weighted by Gasteiger charge is -2.20. The third-order valence-electron chi connectivity index (χ3n) is 4.60. The summed E-state index contributed by atoms with van der Waals surface area (Å²) in [5.74, 6) is 1.01. The average molecular weight is 310 g/mol. The Morgan fingerprint density at radius 2 is 1.70 bits per heavy atom. The lowest BCUT2D eigenvalue weighted by Crippen LogP contribution is -2.07. The predicted molar refractivity (Wildman–Crippen MR) is 90.1 cm³/mol. The van der Waals surface area contributed by atoms with E-state index in [1.165, 1.54) is 27.8 Å². The Kier molecular flexibility index (Phi) is 3.83. The van der Waals surface area contributed by atoms with Gasteiger partial charge in [-0.2, -0.15) is 0 Å². The van der Waals surface area contributed by atoms with E-state index in [-0.39, 0.29) is 0 Å². The van der Waals surface area contributed by atoms with Crippen LogP contribution in [-0.4, -0.2) is 32.5 Å². The van der Waals surface area contributed by atoms with E-state index in [0.29, 0.717) is 12.2 Å². The smallest absolute Gasteiger partial charge is 0.126 e. The summed E-state index contributed by atoms with van der Waals surface area (Å²) < 4.78 is 16.8. The highest BCUT2D eigenvalue weighted by molar-refractivity contribution is 5.75. The summed E-state index contributed by atoms with van der Waals surface area (Å²) >= 11 is 0. The van der Waals surface area contributed by atoms with Gasteiger partial charge in [0.05, 0.1) is 32.5 Å². The Labute approximate surface area is 137 Å². The van der Waals surface area contributed by atoms with Crippen molar-refractivity contribution in [1.29, 1.82) is 0 Å². The standard InChI is InChI=1S/C20H22O3/c1-13-8-15(9-16-11-22-16)20(21-2)18(10-17-12-23-17)19(13)14-6-4-3-5-7-14/h3-8,16-17H,9-12H2,1-2H3. The second-order valence-corrected chi connectivity index (χ2v) is 6.42. The highest BCUT2D eigenvalue weighted by Gasteiger charge is 2.30. The summed E-state index contributed by atoms with van der Waals surface area (Å²) in [5, 5.41) is 0. The summed E-state index contributed by atoms with van der Waals surface area (Å²) in [6, 6.07) is 12.8. The summed E-state index contributed by atoms with van der Waals surface area (Å²) in [6.07, 6.45) is 2.53. The number of hydrogen-bond acceptors (Lipinski definition) is 3. The number of methoxy groups -OCH3 is 1. The first-order chi connectivity index (χ1) is 11.3. The molecule has 0 spiro atoms. The molecule has 2 saturated heterocycles. The lowest BCUT2D eigenvalue weighted by molar-refractivity contribution is 0.380. The summed E-state index contributed by atoms with van der Waals surface area (Å²) in [7, 11) is 1.77. The molecule has 2 aliphatic heterocycles. The van der Waals surface area contributed by atoms with E-state index in [1.807, 2.05) is 0 Å². The van der Waals surface area contributed by atoms with E-state index in [4.69, 9.17) is 14.2 Å². The SMILES string of the molecule is COc1c(CC2CO2)cc(C)c(-c2ccccc2)c1CC1CO1. The molecule has 0 aliphatic carbocycles. The van der Waals surface area contributed by atoms with Crippen molar-refractivity contribution in [2.75, 3.05) is 20.3 Å². The molecule has 120 valence electrons. The van der Waals surface area contributed by atoms with Crippen LogP contribution >= 0.6 is 0 Å². The van der Waals surface area contributed by atoms with Crippen molar-refractivity contribution in [3.8, 4) is 16.9 Å². The summed E-state index contributed by atoms with van der Waals surface area (Å²) in [6.45, 7) is 3.91. The van der Waals surface area contributed by atoms with Crippen molar-refractivity contribution in [2.24, 2.45) is 0 Å². The summed E-state index contributed by atoms with van der Waals surface area (Å²) in [5.41, 5.74) is 6.36. The van der Waals surface area contributed by atoms with Crippen LogP contribution in [0.25, 0.3) is 11.1 Å². The number of epoxide rings is 2. The van der Waals surface area contributed by atoms with Crippen LogP contribution in [-0.2, 0) is 22.3 Å². The Bertz CT molecular complexity index is 701.